The van der Waals surface area contributed by atoms with Crippen LogP contribution in [0.3, 0.4) is 0 Å². The fourth-order valence-electron chi connectivity index (χ4n) is 1.10. The highest BCUT2D eigenvalue weighted by atomic mass is 32.2. The molecule has 4 nitrogen and oxygen atoms in total. The smallest absolute Gasteiger partial charge is 0.152 e. The summed E-state index contributed by atoms with van der Waals surface area (Å²) < 4.78 is 21.7. The van der Waals surface area contributed by atoms with Crippen molar-refractivity contribution in [2.45, 2.75) is 12.0 Å². The normalized spacial score (nSPS) is 38.2. The first-order chi connectivity index (χ1) is 4.47. The second-order valence-corrected chi connectivity index (χ2v) is 5.09. The van der Waals surface area contributed by atoms with E-state index in [9.17, 15) is 8.42 Å². The molecule has 1 aliphatic heterocycles. The molecule has 1 aliphatic rings. The zero-order chi connectivity index (χ0) is 7.83. The Morgan fingerprint density at radius 2 is 2.10 bits per heavy atom. The first-order valence-electron chi connectivity index (χ1n) is 3.17. The summed E-state index contributed by atoms with van der Waals surface area (Å²) in [6.45, 7) is 0.256. The Kier molecular flexibility index (Phi) is 1.74. The minimum Gasteiger partial charge on any atom is -0.329 e. The molecule has 0 radical (unpaired) electrons. The summed E-state index contributed by atoms with van der Waals surface area (Å²) in [5.74, 6) is 0.247. The molecule has 4 N–H and O–H groups in total. The van der Waals surface area contributed by atoms with Gasteiger partial charge in [0.15, 0.2) is 9.84 Å². The lowest BCUT2D eigenvalue weighted by Gasteiger charge is -2.17. The average Bonchev–Trinajstić information content (AvgIpc) is 2.08. The van der Waals surface area contributed by atoms with Crippen LogP contribution >= 0.6 is 0 Å². The Balaban J connectivity index is 2.76. The van der Waals surface area contributed by atoms with E-state index in [1.807, 2.05) is 0 Å². The first-order valence-corrected chi connectivity index (χ1v) is 4.99. The highest BCUT2D eigenvalue weighted by Gasteiger charge is 2.37. The van der Waals surface area contributed by atoms with Gasteiger partial charge in [-0.15, -0.1) is 0 Å². The third kappa shape index (κ3) is 1.47. The van der Waals surface area contributed by atoms with Gasteiger partial charge in [-0.3, -0.25) is 0 Å². The molecule has 1 rings (SSSR count). The Labute approximate surface area is 60.5 Å². The van der Waals surface area contributed by atoms with Gasteiger partial charge in [0.25, 0.3) is 0 Å². The van der Waals surface area contributed by atoms with Crippen molar-refractivity contribution in [2.75, 3.05) is 18.1 Å². The van der Waals surface area contributed by atoms with E-state index in [4.69, 9.17) is 11.5 Å². The predicted octanol–water partition coefficient (Wildman–Crippen LogP) is -1.54. The standard InChI is InChI=1S/C5H12N2O2S/c6-3-5(7)1-2-10(8,9)4-5/h1-4,6-7H2. The van der Waals surface area contributed by atoms with Gasteiger partial charge in [-0.1, -0.05) is 0 Å². The molecule has 10 heavy (non-hydrogen) atoms. The SMILES string of the molecule is NCC1(N)CCS(=O)(=O)C1. The minimum absolute atomic E-state index is 0.0521. The summed E-state index contributed by atoms with van der Waals surface area (Å²) in [5, 5.41) is 0. The maximum atomic E-state index is 10.9. The predicted molar refractivity (Wildman–Crippen MR) is 39.2 cm³/mol. The zero-order valence-electron chi connectivity index (χ0n) is 5.71. The van der Waals surface area contributed by atoms with Crippen LogP contribution in [0.1, 0.15) is 6.42 Å². The number of nitrogens with two attached hydrogens (primary N) is 2. The van der Waals surface area contributed by atoms with Crippen LogP contribution < -0.4 is 11.5 Å². The molecule has 1 saturated heterocycles. The molecule has 0 aliphatic carbocycles. The van der Waals surface area contributed by atoms with E-state index in [1.54, 1.807) is 0 Å². The highest BCUT2D eigenvalue weighted by Crippen LogP contribution is 2.18. The molecule has 0 saturated carbocycles. The van der Waals surface area contributed by atoms with Crippen LogP contribution in [0.15, 0.2) is 0 Å². The molecule has 1 unspecified atom stereocenters. The van der Waals surface area contributed by atoms with E-state index < -0.39 is 15.4 Å². The maximum absolute atomic E-state index is 10.9. The number of hydrogen-bond acceptors (Lipinski definition) is 4. The van der Waals surface area contributed by atoms with Gasteiger partial charge in [0.05, 0.1) is 11.5 Å². The molecule has 5 heteroatoms. The summed E-state index contributed by atoms with van der Waals surface area (Å²) in [6.07, 6.45) is 0.506. The van der Waals surface area contributed by atoms with Gasteiger partial charge < -0.3 is 11.5 Å². The molecule has 0 aromatic rings. The van der Waals surface area contributed by atoms with E-state index in [1.165, 1.54) is 0 Å². The third-order valence-electron chi connectivity index (χ3n) is 1.82. The molecule has 1 heterocycles. The van der Waals surface area contributed by atoms with E-state index >= 15 is 0 Å². The Morgan fingerprint density at radius 1 is 1.50 bits per heavy atom. The molecule has 0 spiro atoms. The van der Waals surface area contributed by atoms with Crippen LogP contribution in [0.2, 0.25) is 0 Å². The second-order valence-electron chi connectivity index (χ2n) is 2.91. The van der Waals surface area contributed by atoms with Gasteiger partial charge >= 0.3 is 0 Å². The molecule has 0 bridgehead atoms. The molecule has 60 valence electrons. The second kappa shape index (κ2) is 2.18. The lowest BCUT2D eigenvalue weighted by atomic mass is 10.0. The lowest BCUT2D eigenvalue weighted by molar-refractivity contribution is 0.491. The largest absolute Gasteiger partial charge is 0.329 e. The maximum Gasteiger partial charge on any atom is 0.152 e. The fourth-order valence-corrected chi connectivity index (χ4v) is 3.10. The monoisotopic (exact) mass is 164 g/mol. The van der Waals surface area contributed by atoms with Gasteiger partial charge in [0.1, 0.15) is 0 Å². The number of rotatable bonds is 1. The average molecular weight is 164 g/mol. The van der Waals surface area contributed by atoms with Gasteiger partial charge in [0, 0.05) is 12.1 Å². The molecule has 0 amide bonds. The highest BCUT2D eigenvalue weighted by molar-refractivity contribution is 7.91. The summed E-state index contributed by atoms with van der Waals surface area (Å²) in [4.78, 5) is 0. The van der Waals surface area contributed by atoms with Crippen LogP contribution in [0.25, 0.3) is 0 Å². The van der Waals surface area contributed by atoms with Gasteiger partial charge in [-0.05, 0) is 6.42 Å². The van der Waals surface area contributed by atoms with Crippen LogP contribution in [-0.2, 0) is 9.84 Å². The van der Waals surface area contributed by atoms with Crippen molar-refractivity contribution in [3.05, 3.63) is 0 Å². The van der Waals surface area contributed by atoms with Crippen molar-refractivity contribution in [2.24, 2.45) is 11.5 Å². The first kappa shape index (κ1) is 7.97. The van der Waals surface area contributed by atoms with Crippen molar-refractivity contribution in [3.8, 4) is 0 Å². The van der Waals surface area contributed by atoms with Crippen molar-refractivity contribution in [1.82, 2.24) is 0 Å². The van der Waals surface area contributed by atoms with Crippen LogP contribution in [0.5, 0.6) is 0 Å². The van der Waals surface area contributed by atoms with Crippen molar-refractivity contribution in [1.29, 1.82) is 0 Å². The number of sulfone groups is 1. The molecule has 0 aromatic heterocycles. The molecule has 0 aromatic carbocycles. The minimum atomic E-state index is -2.87. The Hall–Kier alpha value is -0.130. The quantitative estimate of drug-likeness (QED) is 0.492. The van der Waals surface area contributed by atoms with E-state index in [-0.39, 0.29) is 18.1 Å². The summed E-state index contributed by atoms with van der Waals surface area (Å²) >= 11 is 0. The molecule has 1 atom stereocenters. The Morgan fingerprint density at radius 3 is 2.30 bits per heavy atom. The van der Waals surface area contributed by atoms with E-state index in [0.29, 0.717) is 6.42 Å². The van der Waals surface area contributed by atoms with Crippen LogP contribution in [0.4, 0.5) is 0 Å². The van der Waals surface area contributed by atoms with Gasteiger partial charge in [-0.25, -0.2) is 8.42 Å². The Bertz CT molecular complexity index is 224. The molecular weight excluding hydrogens is 152 g/mol. The summed E-state index contributed by atoms with van der Waals surface area (Å²) in [6, 6.07) is 0. The molecule has 1 fully saturated rings. The topological polar surface area (TPSA) is 86.2 Å². The zero-order valence-corrected chi connectivity index (χ0v) is 6.52. The van der Waals surface area contributed by atoms with Gasteiger partial charge in [-0.2, -0.15) is 0 Å². The van der Waals surface area contributed by atoms with E-state index in [2.05, 4.69) is 0 Å². The third-order valence-corrected chi connectivity index (χ3v) is 3.67. The lowest BCUT2D eigenvalue weighted by Crippen LogP contribution is -2.47. The van der Waals surface area contributed by atoms with Crippen molar-refractivity contribution < 1.29 is 8.42 Å². The number of hydrogen-bond donors (Lipinski definition) is 2. The van der Waals surface area contributed by atoms with Crippen molar-refractivity contribution in [3.63, 3.8) is 0 Å². The van der Waals surface area contributed by atoms with E-state index in [0.717, 1.165) is 0 Å². The fraction of sp³-hybridized carbons (Fsp3) is 1.00. The van der Waals surface area contributed by atoms with Crippen LogP contribution in [-0.4, -0.2) is 32.0 Å². The summed E-state index contributed by atoms with van der Waals surface area (Å²) in [7, 11) is -2.87. The van der Waals surface area contributed by atoms with Crippen LogP contribution in [0, 0.1) is 0 Å². The van der Waals surface area contributed by atoms with Crippen molar-refractivity contribution >= 4 is 9.84 Å². The molecular formula is C5H12N2O2S. The van der Waals surface area contributed by atoms with Gasteiger partial charge in [0.2, 0.25) is 0 Å². The summed E-state index contributed by atoms with van der Waals surface area (Å²) in [5.41, 5.74) is 10.3.